The smallest absolute Gasteiger partial charge is 0.356 e. The molecule has 0 bridgehead atoms. The summed E-state index contributed by atoms with van der Waals surface area (Å²) in [5, 5.41) is 0. The third kappa shape index (κ3) is 2.56. The van der Waals surface area contributed by atoms with Gasteiger partial charge in [0.1, 0.15) is 11.5 Å². The monoisotopic (exact) mass is 212 g/mol. The predicted octanol–water partition coefficient (Wildman–Crippen LogP) is 1.01. The number of carbonyl (C=O) groups excluding carboxylic acids is 1. The van der Waals surface area contributed by atoms with E-state index in [1.807, 2.05) is 13.8 Å². The largest absolute Gasteiger partial charge is 0.464 e. The molecule has 1 aromatic rings. The number of carbonyl (C=O) groups is 1. The number of hydrogen-bond acceptors (Lipinski definition) is 4. The molecule has 0 N–H and O–H groups in total. The van der Waals surface area contributed by atoms with Crippen LogP contribution < -0.4 is 0 Å². The number of aromatic nitrogens is 2. The van der Waals surface area contributed by atoms with Crippen LogP contribution in [0.25, 0.3) is 0 Å². The number of aryl methyl sites for hydroxylation is 1. The van der Waals surface area contributed by atoms with E-state index in [4.69, 9.17) is 4.74 Å². The molecule has 1 unspecified atom stereocenters. The fourth-order valence-corrected chi connectivity index (χ4v) is 1.30. The van der Waals surface area contributed by atoms with Gasteiger partial charge in [0, 0.05) is 7.11 Å². The molecule has 1 heterocycles. The number of esters is 1. The van der Waals surface area contributed by atoms with Gasteiger partial charge in [-0.05, 0) is 13.8 Å². The van der Waals surface area contributed by atoms with Crippen molar-refractivity contribution in [3.8, 4) is 0 Å². The molecular weight excluding hydrogens is 196 g/mol. The summed E-state index contributed by atoms with van der Waals surface area (Å²) in [4.78, 5) is 15.5. The second-order valence-corrected chi connectivity index (χ2v) is 3.34. The number of rotatable bonds is 4. The SMILES string of the molecule is COC(=O)c1cnc(C)n1CC(C)OC. The zero-order valence-electron chi connectivity index (χ0n) is 9.48. The van der Waals surface area contributed by atoms with Gasteiger partial charge in [-0.1, -0.05) is 0 Å². The average Bonchev–Trinajstić information content (AvgIpc) is 2.59. The van der Waals surface area contributed by atoms with Crippen molar-refractivity contribution in [1.82, 2.24) is 9.55 Å². The molecule has 0 saturated heterocycles. The van der Waals surface area contributed by atoms with E-state index in [2.05, 4.69) is 9.72 Å². The Morgan fingerprint density at radius 3 is 2.80 bits per heavy atom. The number of hydrogen-bond donors (Lipinski definition) is 0. The number of ether oxygens (including phenoxy) is 2. The fourth-order valence-electron chi connectivity index (χ4n) is 1.30. The standard InChI is InChI=1S/C10H16N2O3/c1-7(14-3)6-12-8(2)11-5-9(12)10(13)15-4/h5,7H,6H2,1-4H3. The Balaban J connectivity index is 2.94. The van der Waals surface area contributed by atoms with Crippen molar-refractivity contribution in [2.45, 2.75) is 26.5 Å². The fraction of sp³-hybridized carbons (Fsp3) is 0.600. The van der Waals surface area contributed by atoms with E-state index in [0.29, 0.717) is 12.2 Å². The molecule has 1 aromatic heterocycles. The van der Waals surface area contributed by atoms with Crippen molar-refractivity contribution < 1.29 is 14.3 Å². The minimum atomic E-state index is -0.376. The van der Waals surface area contributed by atoms with Crippen LogP contribution in [0.3, 0.4) is 0 Å². The zero-order valence-corrected chi connectivity index (χ0v) is 9.48. The highest BCUT2D eigenvalue weighted by atomic mass is 16.5. The molecule has 5 heteroatoms. The lowest BCUT2D eigenvalue weighted by Crippen LogP contribution is -2.20. The van der Waals surface area contributed by atoms with Crippen LogP contribution in [0.5, 0.6) is 0 Å². The topological polar surface area (TPSA) is 53.3 Å². The van der Waals surface area contributed by atoms with Gasteiger partial charge in [0.15, 0.2) is 0 Å². The summed E-state index contributed by atoms with van der Waals surface area (Å²) in [5.41, 5.74) is 0.457. The minimum Gasteiger partial charge on any atom is -0.464 e. The van der Waals surface area contributed by atoms with Crippen molar-refractivity contribution in [2.24, 2.45) is 0 Å². The Kier molecular flexibility index (Phi) is 3.85. The van der Waals surface area contributed by atoms with Gasteiger partial charge in [-0.2, -0.15) is 0 Å². The Hall–Kier alpha value is -1.36. The Labute approximate surface area is 89.0 Å². The lowest BCUT2D eigenvalue weighted by atomic mass is 10.3. The van der Waals surface area contributed by atoms with Crippen molar-refractivity contribution >= 4 is 5.97 Å². The Morgan fingerprint density at radius 2 is 2.27 bits per heavy atom. The van der Waals surface area contributed by atoms with E-state index in [1.54, 1.807) is 11.7 Å². The first-order valence-electron chi connectivity index (χ1n) is 4.73. The van der Waals surface area contributed by atoms with E-state index in [9.17, 15) is 4.79 Å². The van der Waals surface area contributed by atoms with Crippen molar-refractivity contribution in [3.63, 3.8) is 0 Å². The highest BCUT2D eigenvalue weighted by Gasteiger charge is 2.16. The van der Waals surface area contributed by atoms with Crippen LogP contribution in [0, 0.1) is 6.92 Å². The normalized spacial score (nSPS) is 12.5. The first kappa shape index (κ1) is 11.7. The van der Waals surface area contributed by atoms with E-state index in [1.165, 1.54) is 13.3 Å². The van der Waals surface area contributed by atoms with Crippen LogP contribution in [0.2, 0.25) is 0 Å². The average molecular weight is 212 g/mol. The van der Waals surface area contributed by atoms with E-state index in [-0.39, 0.29) is 12.1 Å². The van der Waals surface area contributed by atoms with E-state index < -0.39 is 0 Å². The maximum Gasteiger partial charge on any atom is 0.356 e. The molecule has 0 aromatic carbocycles. The number of nitrogens with zero attached hydrogens (tertiary/aromatic N) is 2. The Bertz CT molecular complexity index is 346. The van der Waals surface area contributed by atoms with Gasteiger partial charge >= 0.3 is 5.97 Å². The van der Waals surface area contributed by atoms with Gasteiger partial charge in [0.25, 0.3) is 0 Å². The van der Waals surface area contributed by atoms with Crippen LogP contribution in [0.1, 0.15) is 23.2 Å². The molecule has 0 spiro atoms. The van der Waals surface area contributed by atoms with Gasteiger partial charge < -0.3 is 14.0 Å². The van der Waals surface area contributed by atoms with Crippen LogP contribution in [0.4, 0.5) is 0 Å². The van der Waals surface area contributed by atoms with Gasteiger partial charge in [0.05, 0.1) is 26.0 Å². The molecule has 0 saturated carbocycles. The van der Waals surface area contributed by atoms with Gasteiger partial charge in [-0.3, -0.25) is 0 Å². The summed E-state index contributed by atoms with van der Waals surface area (Å²) in [7, 11) is 2.99. The highest BCUT2D eigenvalue weighted by Crippen LogP contribution is 2.08. The van der Waals surface area contributed by atoms with Gasteiger partial charge in [0.2, 0.25) is 0 Å². The lowest BCUT2D eigenvalue weighted by molar-refractivity contribution is 0.0577. The maximum atomic E-state index is 11.4. The zero-order chi connectivity index (χ0) is 11.4. The molecule has 5 nitrogen and oxygen atoms in total. The molecule has 0 aliphatic carbocycles. The van der Waals surface area contributed by atoms with E-state index in [0.717, 1.165) is 5.82 Å². The summed E-state index contributed by atoms with van der Waals surface area (Å²) in [6.45, 7) is 4.36. The molecule has 0 radical (unpaired) electrons. The van der Waals surface area contributed by atoms with Crippen molar-refractivity contribution in [1.29, 1.82) is 0 Å². The van der Waals surface area contributed by atoms with Gasteiger partial charge in [-0.15, -0.1) is 0 Å². The molecule has 1 rings (SSSR count). The molecule has 0 amide bonds. The summed E-state index contributed by atoms with van der Waals surface area (Å²) in [5.74, 6) is 0.401. The molecule has 1 atom stereocenters. The third-order valence-corrected chi connectivity index (χ3v) is 2.29. The summed E-state index contributed by atoms with van der Waals surface area (Å²) >= 11 is 0. The van der Waals surface area contributed by atoms with Crippen molar-refractivity contribution in [2.75, 3.05) is 14.2 Å². The van der Waals surface area contributed by atoms with Crippen LogP contribution in [-0.2, 0) is 16.0 Å². The number of imidazole rings is 1. The Morgan fingerprint density at radius 1 is 1.60 bits per heavy atom. The maximum absolute atomic E-state index is 11.4. The summed E-state index contributed by atoms with van der Waals surface area (Å²) in [6.07, 6.45) is 1.55. The number of methoxy groups -OCH3 is 2. The van der Waals surface area contributed by atoms with Crippen LogP contribution in [-0.4, -0.2) is 35.8 Å². The van der Waals surface area contributed by atoms with Crippen molar-refractivity contribution in [3.05, 3.63) is 17.7 Å². The van der Waals surface area contributed by atoms with Crippen LogP contribution >= 0.6 is 0 Å². The molecule has 84 valence electrons. The third-order valence-electron chi connectivity index (χ3n) is 2.29. The highest BCUT2D eigenvalue weighted by molar-refractivity contribution is 5.87. The second-order valence-electron chi connectivity index (χ2n) is 3.34. The van der Waals surface area contributed by atoms with Gasteiger partial charge in [-0.25, -0.2) is 9.78 Å². The van der Waals surface area contributed by atoms with Crippen LogP contribution in [0.15, 0.2) is 6.20 Å². The minimum absolute atomic E-state index is 0.0290. The molecule has 15 heavy (non-hydrogen) atoms. The first-order chi connectivity index (χ1) is 7.10. The molecule has 0 aliphatic rings. The summed E-state index contributed by atoms with van der Waals surface area (Å²) in [6, 6.07) is 0. The lowest BCUT2D eigenvalue weighted by Gasteiger charge is -2.13. The molecular formula is C10H16N2O3. The second kappa shape index (κ2) is 4.93. The quantitative estimate of drug-likeness (QED) is 0.699. The van der Waals surface area contributed by atoms with E-state index >= 15 is 0 Å². The predicted molar refractivity (Wildman–Crippen MR) is 54.8 cm³/mol. The molecule has 0 fully saturated rings. The summed E-state index contributed by atoms with van der Waals surface area (Å²) < 4.78 is 11.6. The first-order valence-corrected chi connectivity index (χ1v) is 4.73. The molecule has 0 aliphatic heterocycles.